The largest absolute Gasteiger partial charge is 0.275 e. The number of anilines is 1. The first-order chi connectivity index (χ1) is 9.47. The number of nitrogens with zero attached hydrogens (tertiary/aromatic N) is 1. The van der Waals surface area contributed by atoms with E-state index in [1.165, 1.54) is 6.07 Å². The lowest BCUT2D eigenvalue weighted by Crippen LogP contribution is -2.02. The maximum Gasteiger partial charge on any atom is 0.151 e. The predicted octanol–water partition coefficient (Wildman–Crippen LogP) is 5.11. The number of nitrogens with one attached hydrogen (secondary N) is 1. The zero-order valence-electron chi connectivity index (χ0n) is 10.4. The Morgan fingerprint density at radius 3 is 2.50 bits per heavy atom. The minimum Gasteiger partial charge on any atom is -0.275 e. The Bertz CT molecular complexity index is 672. The van der Waals surface area contributed by atoms with Gasteiger partial charge in [-0.05, 0) is 31.2 Å². The van der Waals surface area contributed by atoms with Crippen LogP contribution < -0.4 is 5.43 Å². The number of hydrazone groups is 1. The van der Waals surface area contributed by atoms with Crippen LogP contribution in [-0.4, -0.2) is 5.71 Å². The monoisotopic (exact) mass is 314 g/mol. The van der Waals surface area contributed by atoms with Gasteiger partial charge in [-0.3, -0.25) is 5.43 Å². The maximum absolute atomic E-state index is 13.4. The van der Waals surface area contributed by atoms with Gasteiger partial charge in [0.05, 0.1) is 16.4 Å². The van der Waals surface area contributed by atoms with E-state index >= 15 is 0 Å². The van der Waals surface area contributed by atoms with Crippen molar-refractivity contribution in [2.24, 2.45) is 5.10 Å². The van der Waals surface area contributed by atoms with Crippen LogP contribution in [0.15, 0.2) is 41.5 Å². The molecule has 0 atom stereocenters. The summed E-state index contributed by atoms with van der Waals surface area (Å²) in [5.74, 6) is -1.36. The summed E-state index contributed by atoms with van der Waals surface area (Å²) in [6.07, 6.45) is 0. The van der Waals surface area contributed by atoms with E-state index in [-0.39, 0.29) is 5.69 Å². The van der Waals surface area contributed by atoms with Gasteiger partial charge >= 0.3 is 0 Å². The van der Waals surface area contributed by atoms with Crippen molar-refractivity contribution in [2.45, 2.75) is 6.92 Å². The molecule has 0 aliphatic rings. The van der Waals surface area contributed by atoms with Crippen LogP contribution in [0.2, 0.25) is 10.0 Å². The molecule has 0 aromatic heterocycles. The summed E-state index contributed by atoms with van der Waals surface area (Å²) in [4.78, 5) is 0. The summed E-state index contributed by atoms with van der Waals surface area (Å²) in [7, 11) is 0. The Labute approximate surface area is 125 Å². The average molecular weight is 315 g/mol. The van der Waals surface area contributed by atoms with Crippen LogP contribution in [0.4, 0.5) is 14.5 Å². The number of benzene rings is 2. The van der Waals surface area contributed by atoms with Crippen LogP contribution >= 0.6 is 23.2 Å². The van der Waals surface area contributed by atoms with Crippen LogP contribution in [0.3, 0.4) is 0 Å². The average Bonchev–Trinajstić information content (AvgIpc) is 2.37. The zero-order chi connectivity index (χ0) is 14.7. The van der Waals surface area contributed by atoms with Gasteiger partial charge in [0.2, 0.25) is 0 Å². The molecule has 0 spiro atoms. The molecule has 0 fully saturated rings. The van der Waals surface area contributed by atoms with Gasteiger partial charge in [0, 0.05) is 16.7 Å². The third-order valence-corrected chi connectivity index (χ3v) is 3.14. The molecule has 0 aliphatic heterocycles. The second-order valence-corrected chi connectivity index (χ2v) is 4.90. The van der Waals surface area contributed by atoms with E-state index in [1.807, 2.05) is 0 Å². The van der Waals surface area contributed by atoms with E-state index < -0.39 is 11.6 Å². The van der Waals surface area contributed by atoms with Crippen LogP contribution in [0.5, 0.6) is 0 Å². The number of halogens is 4. The standard InChI is InChI=1S/C14H10Cl2F2N2/c1-8(11-4-2-9(15)6-12(11)16)19-20-14-5-3-10(17)7-13(14)18/h2-7,20H,1H3/b19-8-. The third kappa shape index (κ3) is 3.46. The SMILES string of the molecule is C/C(=N/Nc1ccc(F)cc1F)c1ccc(Cl)cc1Cl. The van der Waals surface area contributed by atoms with Crippen molar-refractivity contribution < 1.29 is 8.78 Å². The third-order valence-electron chi connectivity index (χ3n) is 2.60. The molecule has 2 aromatic rings. The highest BCUT2D eigenvalue weighted by atomic mass is 35.5. The van der Waals surface area contributed by atoms with E-state index in [1.54, 1.807) is 25.1 Å². The van der Waals surface area contributed by atoms with E-state index in [2.05, 4.69) is 10.5 Å². The molecule has 104 valence electrons. The number of rotatable bonds is 3. The smallest absolute Gasteiger partial charge is 0.151 e. The van der Waals surface area contributed by atoms with Gasteiger partial charge in [-0.15, -0.1) is 0 Å². The molecular weight excluding hydrogens is 305 g/mol. The minimum atomic E-state index is -0.719. The van der Waals surface area contributed by atoms with Crippen LogP contribution in [0.25, 0.3) is 0 Å². The number of hydrogen-bond donors (Lipinski definition) is 1. The van der Waals surface area contributed by atoms with Gasteiger partial charge < -0.3 is 0 Å². The molecular formula is C14H10Cl2F2N2. The van der Waals surface area contributed by atoms with E-state index in [0.29, 0.717) is 21.3 Å². The van der Waals surface area contributed by atoms with Crippen molar-refractivity contribution in [1.82, 2.24) is 0 Å². The second-order valence-electron chi connectivity index (χ2n) is 4.06. The van der Waals surface area contributed by atoms with Crippen molar-refractivity contribution in [3.63, 3.8) is 0 Å². The molecule has 0 saturated heterocycles. The van der Waals surface area contributed by atoms with Gasteiger partial charge in [0.15, 0.2) is 5.82 Å². The fourth-order valence-electron chi connectivity index (χ4n) is 1.57. The minimum absolute atomic E-state index is 0.0795. The zero-order valence-corrected chi connectivity index (χ0v) is 11.9. The molecule has 2 aromatic carbocycles. The van der Waals surface area contributed by atoms with Crippen molar-refractivity contribution >= 4 is 34.6 Å². The summed E-state index contributed by atoms with van der Waals surface area (Å²) < 4.78 is 26.2. The highest BCUT2D eigenvalue weighted by molar-refractivity contribution is 6.37. The Morgan fingerprint density at radius 2 is 1.85 bits per heavy atom. The van der Waals surface area contributed by atoms with Gasteiger partial charge in [0.25, 0.3) is 0 Å². The first-order valence-corrected chi connectivity index (χ1v) is 6.44. The first-order valence-electron chi connectivity index (χ1n) is 5.68. The first kappa shape index (κ1) is 14.8. The Morgan fingerprint density at radius 1 is 1.10 bits per heavy atom. The summed E-state index contributed by atoms with van der Waals surface area (Å²) in [5.41, 5.74) is 3.84. The van der Waals surface area contributed by atoms with E-state index in [9.17, 15) is 8.78 Å². The lowest BCUT2D eigenvalue weighted by Gasteiger charge is -2.06. The van der Waals surface area contributed by atoms with Gasteiger partial charge in [-0.2, -0.15) is 5.10 Å². The lowest BCUT2D eigenvalue weighted by atomic mass is 10.1. The van der Waals surface area contributed by atoms with Crippen LogP contribution in [0, 0.1) is 11.6 Å². The van der Waals surface area contributed by atoms with Crippen molar-refractivity contribution in [3.05, 3.63) is 63.6 Å². The molecule has 6 heteroatoms. The Hall–Kier alpha value is -1.65. The molecule has 0 bridgehead atoms. The van der Waals surface area contributed by atoms with Gasteiger partial charge in [-0.1, -0.05) is 29.3 Å². The second kappa shape index (κ2) is 6.20. The van der Waals surface area contributed by atoms with E-state index in [0.717, 1.165) is 12.1 Å². The molecule has 0 heterocycles. The Balaban J connectivity index is 2.22. The normalized spacial score (nSPS) is 11.6. The Kier molecular flexibility index (Phi) is 4.57. The molecule has 0 saturated carbocycles. The molecule has 2 nitrogen and oxygen atoms in total. The van der Waals surface area contributed by atoms with E-state index in [4.69, 9.17) is 23.2 Å². The van der Waals surface area contributed by atoms with Crippen molar-refractivity contribution in [1.29, 1.82) is 0 Å². The van der Waals surface area contributed by atoms with Crippen molar-refractivity contribution in [3.8, 4) is 0 Å². The summed E-state index contributed by atoms with van der Waals surface area (Å²) >= 11 is 11.8. The maximum atomic E-state index is 13.4. The van der Waals surface area contributed by atoms with Gasteiger partial charge in [0.1, 0.15) is 5.82 Å². The fraction of sp³-hybridized carbons (Fsp3) is 0.0714. The summed E-state index contributed by atoms with van der Waals surface area (Å²) in [6, 6.07) is 8.18. The highest BCUT2D eigenvalue weighted by Gasteiger charge is 2.06. The summed E-state index contributed by atoms with van der Waals surface area (Å²) in [6.45, 7) is 1.71. The topological polar surface area (TPSA) is 24.4 Å². The molecule has 0 amide bonds. The predicted molar refractivity (Wildman–Crippen MR) is 78.7 cm³/mol. The molecule has 2 rings (SSSR count). The van der Waals surface area contributed by atoms with Gasteiger partial charge in [-0.25, -0.2) is 8.78 Å². The summed E-state index contributed by atoms with van der Waals surface area (Å²) in [5, 5.41) is 4.98. The molecule has 0 aliphatic carbocycles. The quantitative estimate of drug-likeness (QED) is 0.618. The van der Waals surface area contributed by atoms with Crippen LogP contribution in [-0.2, 0) is 0 Å². The van der Waals surface area contributed by atoms with Crippen LogP contribution in [0.1, 0.15) is 12.5 Å². The number of hydrogen-bond acceptors (Lipinski definition) is 2. The molecule has 1 N–H and O–H groups in total. The fourth-order valence-corrected chi connectivity index (χ4v) is 2.11. The molecule has 0 unspecified atom stereocenters. The molecule has 0 radical (unpaired) electrons. The van der Waals surface area contributed by atoms with Crippen molar-refractivity contribution in [2.75, 3.05) is 5.43 Å². The lowest BCUT2D eigenvalue weighted by molar-refractivity contribution is 0.585. The molecule has 20 heavy (non-hydrogen) atoms. The highest BCUT2D eigenvalue weighted by Crippen LogP contribution is 2.22.